The van der Waals surface area contributed by atoms with Crippen LogP contribution in [0.4, 0.5) is 0 Å². The summed E-state index contributed by atoms with van der Waals surface area (Å²) in [6, 6.07) is 4.09. The fourth-order valence-corrected chi connectivity index (χ4v) is 1.10. The molecule has 0 saturated carbocycles. The van der Waals surface area contributed by atoms with Crippen LogP contribution < -0.4 is 0 Å². The van der Waals surface area contributed by atoms with E-state index in [1.54, 1.807) is 6.20 Å². The Kier molecular flexibility index (Phi) is 3.52. The first-order valence-electron chi connectivity index (χ1n) is 4.41. The summed E-state index contributed by atoms with van der Waals surface area (Å²) >= 11 is 0. The number of nitrogens with zero attached hydrogens (tertiary/aromatic N) is 1. The van der Waals surface area contributed by atoms with Gasteiger partial charge in [0, 0.05) is 18.3 Å². The second-order valence-electron chi connectivity index (χ2n) is 2.91. The van der Waals surface area contributed by atoms with Gasteiger partial charge in [-0.05, 0) is 18.1 Å². The smallest absolute Gasteiger partial charge is 0.0305 e. The van der Waals surface area contributed by atoms with Gasteiger partial charge in [-0.1, -0.05) is 32.1 Å². The number of aromatic nitrogens is 1. The molecule has 0 aromatic carbocycles. The monoisotopic (exact) mass is 161 g/mol. The van der Waals surface area contributed by atoms with E-state index in [2.05, 4.69) is 37.0 Å². The standard InChI is InChI=1S/C11H15N/c1-3-4-6-10(2)11-7-5-8-12-9-11/h4-10H,3H2,1-2H3/b6-4+. The van der Waals surface area contributed by atoms with Crippen LogP contribution in [0.15, 0.2) is 36.7 Å². The second kappa shape index (κ2) is 4.70. The predicted octanol–water partition coefficient (Wildman–Crippen LogP) is 3.15. The fraction of sp³-hybridized carbons (Fsp3) is 0.364. The van der Waals surface area contributed by atoms with Gasteiger partial charge in [-0.15, -0.1) is 0 Å². The molecule has 1 aromatic heterocycles. The van der Waals surface area contributed by atoms with E-state index in [0.717, 1.165) is 6.42 Å². The van der Waals surface area contributed by atoms with E-state index in [9.17, 15) is 0 Å². The van der Waals surface area contributed by atoms with Crippen LogP contribution in [0, 0.1) is 0 Å². The Balaban J connectivity index is 2.65. The summed E-state index contributed by atoms with van der Waals surface area (Å²) in [7, 11) is 0. The number of allylic oxidation sites excluding steroid dienone is 2. The molecule has 1 heteroatoms. The molecule has 0 bridgehead atoms. The number of hydrogen-bond donors (Lipinski definition) is 0. The number of hydrogen-bond acceptors (Lipinski definition) is 1. The SMILES string of the molecule is CC/C=C/C(C)c1cccnc1. The highest BCUT2D eigenvalue weighted by Crippen LogP contribution is 2.14. The van der Waals surface area contributed by atoms with Gasteiger partial charge in [0.2, 0.25) is 0 Å². The largest absolute Gasteiger partial charge is 0.264 e. The van der Waals surface area contributed by atoms with E-state index in [1.165, 1.54) is 5.56 Å². The number of pyridine rings is 1. The van der Waals surface area contributed by atoms with E-state index in [1.807, 2.05) is 12.3 Å². The predicted molar refractivity (Wildman–Crippen MR) is 52.1 cm³/mol. The molecular formula is C11H15N. The van der Waals surface area contributed by atoms with Gasteiger partial charge in [0.25, 0.3) is 0 Å². The maximum atomic E-state index is 4.08. The van der Waals surface area contributed by atoms with Gasteiger partial charge in [-0.25, -0.2) is 0 Å². The van der Waals surface area contributed by atoms with Crippen LogP contribution in [0.1, 0.15) is 31.7 Å². The normalized spacial score (nSPS) is 13.5. The van der Waals surface area contributed by atoms with Crippen LogP contribution in [-0.2, 0) is 0 Å². The summed E-state index contributed by atoms with van der Waals surface area (Å²) in [5.41, 5.74) is 1.28. The lowest BCUT2D eigenvalue weighted by Gasteiger charge is -2.04. The Labute approximate surface area is 74.2 Å². The zero-order chi connectivity index (χ0) is 8.81. The molecule has 0 N–H and O–H groups in total. The van der Waals surface area contributed by atoms with Crippen LogP contribution in [0.3, 0.4) is 0 Å². The third kappa shape index (κ3) is 2.50. The van der Waals surface area contributed by atoms with Gasteiger partial charge >= 0.3 is 0 Å². The van der Waals surface area contributed by atoms with Gasteiger partial charge in [-0.2, -0.15) is 0 Å². The first-order chi connectivity index (χ1) is 5.84. The van der Waals surface area contributed by atoms with Crippen LogP contribution >= 0.6 is 0 Å². The summed E-state index contributed by atoms with van der Waals surface area (Å²) in [6.07, 6.45) is 9.24. The minimum absolute atomic E-state index is 0.485. The van der Waals surface area contributed by atoms with Gasteiger partial charge < -0.3 is 0 Å². The summed E-state index contributed by atoms with van der Waals surface area (Å²) < 4.78 is 0. The minimum Gasteiger partial charge on any atom is -0.264 e. The molecule has 64 valence electrons. The maximum Gasteiger partial charge on any atom is 0.0305 e. The van der Waals surface area contributed by atoms with Crippen molar-refractivity contribution in [1.29, 1.82) is 0 Å². The lowest BCUT2D eigenvalue weighted by atomic mass is 10.0. The third-order valence-electron chi connectivity index (χ3n) is 1.87. The van der Waals surface area contributed by atoms with Crippen molar-refractivity contribution in [1.82, 2.24) is 4.98 Å². The lowest BCUT2D eigenvalue weighted by molar-refractivity contribution is 0.944. The van der Waals surface area contributed by atoms with E-state index in [-0.39, 0.29) is 0 Å². The Hall–Kier alpha value is -1.11. The Morgan fingerprint density at radius 3 is 3.00 bits per heavy atom. The van der Waals surface area contributed by atoms with E-state index >= 15 is 0 Å². The van der Waals surface area contributed by atoms with Gasteiger partial charge in [0.1, 0.15) is 0 Å². The van der Waals surface area contributed by atoms with Gasteiger partial charge in [0.15, 0.2) is 0 Å². The van der Waals surface area contributed by atoms with Crippen molar-refractivity contribution in [2.75, 3.05) is 0 Å². The minimum atomic E-state index is 0.485. The summed E-state index contributed by atoms with van der Waals surface area (Å²) in [4.78, 5) is 4.08. The molecule has 1 aromatic rings. The molecule has 12 heavy (non-hydrogen) atoms. The van der Waals surface area contributed by atoms with Crippen molar-refractivity contribution in [3.63, 3.8) is 0 Å². The van der Waals surface area contributed by atoms with E-state index in [0.29, 0.717) is 5.92 Å². The molecule has 0 amide bonds. The van der Waals surface area contributed by atoms with Crippen molar-refractivity contribution < 1.29 is 0 Å². The molecule has 1 unspecified atom stereocenters. The molecule has 0 aliphatic heterocycles. The second-order valence-corrected chi connectivity index (χ2v) is 2.91. The molecule has 1 nitrogen and oxygen atoms in total. The molecule has 0 aliphatic rings. The molecule has 1 heterocycles. The Bertz CT molecular complexity index is 238. The first kappa shape index (κ1) is 8.98. The highest BCUT2D eigenvalue weighted by atomic mass is 14.6. The van der Waals surface area contributed by atoms with Gasteiger partial charge in [0.05, 0.1) is 0 Å². The average molecular weight is 161 g/mol. The quantitative estimate of drug-likeness (QED) is 0.620. The van der Waals surface area contributed by atoms with E-state index < -0.39 is 0 Å². The zero-order valence-electron chi connectivity index (χ0n) is 7.70. The van der Waals surface area contributed by atoms with Crippen molar-refractivity contribution in [2.24, 2.45) is 0 Å². The Morgan fingerprint density at radius 2 is 2.42 bits per heavy atom. The van der Waals surface area contributed by atoms with Crippen LogP contribution in [-0.4, -0.2) is 4.98 Å². The molecular weight excluding hydrogens is 146 g/mol. The fourth-order valence-electron chi connectivity index (χ4n) is 1.10. The highest BCUT2D eigenvalue weighted by Gasteiger charge is 1.98. The molecule has 0 aliphatic carbocycles. The molecule has 0 spiro atoms. The van der Waals surface area contributed by atoms with E-state index in [4.69, 9.17) is 0 Å². The first-order valence-corrected chi connectivity index (χ1v) is 4.41. The Morgan fingerprint density at radius 1 is 1.58 bits per heavy atom. The molecule has 1 atom stereocenters. The van der Waals surface area contributed by atoms with Gasteiger partial charge in [-0.3, -0.25) is 4.98 Å². The summed E-state index contributed by atoms with van der Waals surface area (Å²) in [6.45, 7) is 4.33. The molecule has 1 rings (SSSR count). The third-order valence-corrected chi connectivity index (χ3v) is 1.87. The molecule has 0 saturated heterocycles. The molecule has 0 fully saturated rings. The van der Waals surface area contributed by atoms with Crippen LogP contribution in [0.5, 0.6) is 0 Å². The summed E-state index contributed by atoms with van der Waals surface area (Å²) in [5, 5.41) is 0. The topological polar surface area (TPSA) is 12.9 Å². The van der Waals surface area contributed by atoms with Crippen molar-refractivity contribution in [3.8, 4) is 0 Å². The summed E-state index contributed by atoms with van der Waals surface area (Å²) in [5.74, 6) is 0.485. The van der Waals surface area contributed by atoms with Crippen LogP contribution in [0.2, 0.25) is 0 Å². The lowest BCUT2D eigenvalue weighted by Crippen LogP contribution is -1.88. The van der Waals surface area contributed by atoms with Crippen molar-refractivity contribution >= 4 is 0 Å². The van der Waals surface area contributed by atoms with Crippen molar-refractivity contribution in [2.45, 2.75) is 26.2 Å². The highest BCUT2D eigenvalue weighted by molar-refractivity contribution is 5.18. The van der Waals surface area contributed by atoms with Crippen LogP contribution in [0.25, 0.3) is 0 Å². The maximum absolute atomic E-state index is 4.08. The average Bonchev–Trinajstić information content (AvgIpc) is 2.15. The van der Waals surface area contributed by atoms with Crippen molar-refractivity contribution in [3.05, 3.63) is 42.2 Å². The zero-order valence-corrected chi connectivity index (χ0v) is 7.70. The number of rotatable bonds is 3. The molecule has 0 radical (unpaired) electrons.